The number of hydrogen-bond donors (Lipinski definition) is 0. The second-order valence-corrected chi connectivity index (χ2v) is 5.20. The Morgan fingerprint density at radius 3 is 1.40 bits per heavy atom. The summed E-state index contributed by atoms with van der Waals surface area (Å²) in [4.78, 5) is 3.63. The summed E-state index contributed by atoms with van der Waals surface area (Å²) >= 11 is 0. The van der Waals surface area contributed by atoms with E-state index in [1.807, 2.05) is 9.80 Å². The molecule has 0 radical (unpaired) electrons. The van der Waals surface area contributed by atoms with Crippen molar-refractivity contribution in [2.24, 2.45) is 0 Å². The smallest absolute Gasteiger partial charge is 0.854 e. The number of hydrogen-bond acceptors (Lipinski definition) is 6. The largest absolute Gasteiger partial charge is 4.00 e. The van der Waals surface area contributed by atoms with Crippen molar-refractivity contribution in [2.45, 2.75) is 39.1 Å². The first-order valence-electron chi connectivity index (χ1n) is 6.85. The maximum Gasteiger partial charge on any atom is 4.00 e. The Morgan fingerprint density at radius 2 is 1.05 bits per heavy atom. The summed E-state index contributed by atoms with van der Waals surface area (Å²) in [5, 5.41) is 44.2. The average molecular weight is 366 g/mol. The molecule has 3 unspecified atom stereocenters. The summed E-state index contributed by atoms with van der Waals surface area (Å²) < 4.78 is 0. The zero-order chi connectivity index (χ0) is 14.8. The minimum atomic E-state index is -0.745. The third kappa shape index (κ3) is 13.6. The Kier molecular flexibility index (Phi) is 15.3. The van der Waals surface area contributed by atoms with Gasteiger partial charge in [-0.1, -0.05) is 20.8 Å². The minimum Gasteiger partial charge on any atom is -0.854 e. The first-order valence-corrected chi connectivity index (χ1v) is 6.85. The number of rotatable bonds is 11. The van der Waals surface area contributed by atoms with Gasteiger partial charge in [-0.2, -0.15) is 0 Å². The Bertz CT molecular complexity index is 209. The molecule has 0 fully saturated rings. The summed E-state index contributed by atoms with van der Waals surface area (Å²) in [5.41, 5.74) is 0. The molecule has 7 heteroatoms. The van der Waals surface area contributed by atoms with Crippen molar-refractivity contribution in [1.29, 1.82) is 0 Å². The summed E-state index contributed by atoms with van der Waals surface area (Å²) in [5.74, 6) is 0. The maximum absolute atomic E-state index is 11.2. The molecule has 0 bridgehead atoms. The standard InChI is InChI=1S/C13H26N2O4.Zr/c1-11(17)8-14(6-7-16)4-5-15(9-12(2)18)10-13(3)19;/h11-13H,4-10H2,1-3H3;/q-4;+4. The molecule has 0 aliphatic heterocycles. The van der Waals surface area contributed by atoms with Gasteiger partial charge in [0.25, 0.3) is 0 Å². The molecule has 0 rings (SSSR count). The molecule has 0 spiro atoms. The van der Waals surface area contributed by atoms with Gasteiger partial charge in [0.2, 0.25) is 0 Å². The molecular weight excluding hydrogens is 339 g/mol. The van der Waals surface area contributed by atoms with Crippen LogP contribution in [0.4, 0.5) is 0 Å². The van der Waals surface area contributed by atoms with Crippen molar-refractivity contribution in [2.75, 3.05) is 45.9 Å². The van der Waals surface area contributed by atoms with Crippen molar-refractivity contribution >= 4 is 0 Å². The van der Waals surface area contributed by atoms with Gasteiger partial charge in [0.1, 0.15) is 0 Å². The third-order valence-corrected chi connectivity index (χ3v) is 2.69. The quantitative estimate of drug-likeness (QED) is 0.372. The maximum atomic E-state index is 11.2. The molecule has 3 atom stereocenters. The van der Waals surface area contributed by atoms with Gasteiger partial charge in [0, 0.05) is 13.1 Å². The van der Waals surface area contributed by atoms with E-state index in [4.69, 9.17) is 0 Å². The van der Waals surface area contributed by atoms with Crippen LogP contribution in [0.15, 0.2) is 0 Å². The Balaban J connectivity index is 0. The van der Waals surface area contributed by atoms with E-state index < -0.39 is 18.3 Å². The molecule has 0 aliphatic rings. The third-order valence-electron chi connectivity index (χ3n) is 2.69. The topological polar surface area (TPSA) is 98.7 Å². The van der Waals surface area contributed by atoms with E-state index in [1.165, 1.54) is 0 Å². The van der Waals surface area contributed by atoms with Crippen LogP contribution >= 0.6 is 0 Å². The van der Waals surface area contributed by atoms with E-state index >= 15 is 0 Å². The van der Waals surface area contributed by atoms with Gasteiger partial charge in [0.15, 0.2) is 0 Å². The van der Waals surface area contributed by atoms with Crippen LogP contribution < -0.4 is 20.4 Å². The van der Waals surface area contributed by atoms with E-state index in [0.29, 0.717) is 39.3 Å². The first-order chi connectivity index (χ1) is 8.85. The first kappa shape index (κ1) is 22.9. The van der Waals surface area contributed by atoms with Crippen LogP contribution in [0.1, 0.15) is 20.8 Å². The number of nitrogens with zero attached hydrogens (tertiary/aromatic N) is 2. The minimum absolute atomic E-state index is 0. The average Bonchev–Trinajstić information content (AvgIpc) is 2.23. The molecule has 0 saturated carbocycles. The van der Waals surface area contributed by atoms with Crippen molar-refractivity contribution in [1.82, 2.24) is 9.80 Å². The predicted molar refractivity (Wildman–Crippen MR) is 66.1 cm³/mol. The second-order valence-electron chi connectivity index (χ2n) is 5.20. The van der Waals surface area contributed by atoms with Crippen LogP contribution in [-0.4, -0.2) is 74.0 Å². The Hall–Kier alpha value is 0.643. The van der Waals surface area contributed by atoms with E-state index in [2.05, 4.69) is 0 Å². The molecule has 0 amide bonds. The molecular formula is C13H26N2O4Zr. The van der Waals surface area contributed by atoms with E-state index in [-0.39, 0.29) is 32.8 Å². The molecule has 0 N–H and O–H groups in total. The van der Waals surface area contributed by atoms with E-state index in [1.54, 1.807) is 20.8 Å². The molecule has 0 saturated heterocycles. The fraction of sp³-hybridized carbons (Fsp3) is 1.00. The van der Waals surface area contributed by atoms with E-state index in [9.17, 15) is 20.4 Å². The molecule has 6 nitrogen and oxygen atoms in total. The van der Waals surface area contributed by atoms with Gasteiger partial charge >= 0.3 is 26.2 Å². The molecule has 0 aromatic heterocycles. The van der Waals surface area contributed by atoms with Crippen LogP contribution in [0.3, 0.4) is 0 Å². The second kappa shape index (κ2) is 13.3. The van der Waals surface area contributed by atoms with Crippen LogP contribution in [0.5, 0.6) is 0 Å². The van der Waals surface area contributed by atoms with Crippen molar-refractivity contribution < 1.29 is 46.6 Å². The monoisotopic (exact) mass is 364 g/mol. The van der Waals surface area contributed by atoms with Crippen LogP contribution in [-0.2, 0) is 26.2 Å². The zero-order valence-electron chi connectivity index (χ0n) is 12.7. The summed E-state index contributed by atoms with van der Waals surface area (Å²) in [7, 11) is 0. The zero-order valence-corrected chi connectivity index (χ0v) is 15.2. The van der Waals surface area contributed by atoms with Gasteiger partial charge in [-0.15, -0.1) is 24.9 Å². The van der Waals surface area contributed by atoms with Gasteiger partial charge in [-0.3, -0.25) is 0 Å². The van der Waals surface area contributed by atoms with Crippen LogP contribution in [0.2, 0.25) is 0 Å². The fourth-order valence-corrected chi connectivity index (χ4v) is 2.05. The molecule has 116 valence electrons. The van der Waals surface area contributed by atoms with Crippen molar-refractivity contribution in [3.05, 3.63) is 0 Å². The summed E-state index contributed by atoms with van der Waals surface area (Å²) in [6.45, 7) is 6.86. The summed E-state index contributed by atoms with van der Waals surface area (Å²) in [6, 6.07) is 0. The normalized spacial score (nSPS) is 16.1. The van der Waals surface area contributed by atoms with Gasteiger partial charge in [0.05, 0.1) is 0 Å². The fourth-order valence-electron chi connectivity index (χ4n) is 2.05. The van der Waals surface area contributed by atoms with Gasteiger partial charge in [-0.25, -0.2) is 0 Å². The molecule has 0 heterocycles. The predicted octanol–water partition coefficient (Wildman–Crippen LogP) is -3.81. The molecule has 0 aromatic rings. The molecule has 0 aromatic carbocycles. The SMILES string of the molecule is CC([O-])CN(CC[O-])CCN(CC(C)[O-])CC(C)[O-].[Zr+4]. The van der Waals surface area contributed by atoms with Crippen LogP contribution in [0, 0.1) is 0 Å². The van der Waals surface area contributed by atoms with Gasteiger partial charge < -0.3 is 30.2 Å². The molecule has 0 aliphatic carbocycles. The van der Waals surface area contributed by atoms with E-state index in [0.717, 1.165) is 0 Å². The Labute approximate surface area is 141 Å². The van der Waals surface area contributed by atoms with Gasteiger partial charge in [-0.05, 0) is 26.2 Å². The van der Waals surface area contributed by atoms with Crippen molar-refractivity contribution in [3.63, 3.8) is 0 Å². The Morgan fingerprint density at radius 1 is 0.700 bits per heavy atom. The van der Waals surface area contributed by atoms with Crippen LogP contribution in [0.25, 0.3) is 0 Å². The summed E-state index contributed by atoms with van der Waals surface area (Å²) in [6.07, 6.45) is -2.23. The molecule has 20 heavy (non-hydrogen) atoms. The van der Waals surface area contributed by atoms with Crippen molar-refractivity contribution in [3.8, 4) is 0 Å².